The Hall–Kier alpha value is -0.570. The van der Waals surface area contributed by atoms with E-state index in [9.17, 15) is 4.79 Å². The van der Waals surface area contributed by atoms with Crippen molar-refractivity contribution in [2.75, 3.05) is 26.2 Å². The van der Waals surface area contributed by atoms with Crippen LogP contribution in [0.25, 0.3) is 0 Å². The average molecular weight is 186 g/mol. The third-order valence-corrected chi connectivity index (χ3v) is 1.81. The minimum atomic E-state index is 0.130. The Kier molecular flexibility index (Phi) is 6.59. The molecule has 0 saturated heterocycles. The van der Waals surface area contributed by atoms with Crippen LogP contribution in [0, 0.1) is 5.92 Å². The first kappa shape index (κ1) is 12.4. The van der Waals surface area contributed by atoms with Gasteiger partial charge in [-0.3, -0.25) is 9.69 Å². The highest BCUT2D eigenvalue weighted by Gasteiger charge is 2.08. The predicted octanol–water partition coefficient (Wildman–Crippen LogP) is 1.10. The average Bonchev–Trinajstić information content (AvgIpc) is 2.02. The van der Waals surface area contributed by atoms with E-state index in [1.54, 1.807) is 0 Å². The standard InChI is InChI=1S/C10H22N2O/c1-5-11-10(13)8-12(6-2)7-9(3)4/h9H,5-8H2,1-4H3,(H,11,13). The lowest BCUT2D eigenvalue weighted by atomic mass is 10.2. The van der Waals surface area contributed by atoms with E-state index in [1.165, 1.54) is 0 Å². The summed E-state index contributed by atoms with van der Waals surface area (Å²) in [6.07, 6.45) is 0. The number of rotatable bonds is 6. The van der Waals surface area contributed by atoms with Gasteiger partial charge in [-0.15, -0.1) is 0 Å². The molecule has 3 heteroatoms. The molecule has 0 aromatic rings. The molecule has 0 rings (SSSR count). The summed E-state index contributed by atoms with van der Waals surface area (Å²) in [6.45, 7) is 11.5. The van der Waals surface area contributed by atoms with E-state index in [1.807, 2.05) is 6.92 Å². The van der Waals surface area contributed by atoms with Crippen LogP contribution in [-0.4, -0.2) is 37.0 Å². The van der Waals surface area contributed by atoms with Crippen molar-refractivity contribution >= 4 is 5.91 Å². The molecule has 0 heterocycles. The van der Waals surface area contributed by atoms with E-state index in [0.717, 1.165) is 19.6 Å². The van der Waals surface area contributed by atoms with Crippen LogP contribution in [-0.2, 0) is 4.79 Å². The number of hydrogen-bond donors (Lipinski definition) is 1. The molecule has 78 valence electrons. The van der Waals surface area contributed by atoms with Crippen molar-refractivity contribution in [1.82, 2.24) is 10.2 Å². The smallest absolute Gasteiger partial charge is 0.234 e. The first-order chi connectivity index (χ1) is 6.10. The highest BCUT2D eigenvalue weighted by Crippen LogP contribution is 1.97. The fourth-order valence-corrected chi connectivity index (χ4v) is 1.28. The lowest BCUT2D eigenvalue weighted by Gasteiger charge is -2.21. The van der Waals surface area contributed by atoms with Crippen LogP contribution in [0.4, 0.5) is 0 Å². The van der Waals surface area contributed by atoms with Crippen LogP contribution in [0.1, 0.15) is 27.7 Å². The molecule has 0 saturated carbocycles. The SMILES string of the molecule is CCNC(=O)CN(CC)CC(C)C. The maximum atomic E-state index is 11.2. The number of nitrogens with zero attached hydrogens (tertiary/aromatic N) is 1. The van der Waals surface area contributed by atoms with Crippen molar-refractivity contribution in [3.63, 3.8) is 0 Å². The lowest BCUT2D eigenvalue weighted by molar-refractivity contribution is -0.122. The van der Waals surface area contributed by atoms with Crippen LogP contribution >= 0.6 is 0 Å². The molecule has 0 fully saturated rings. The zero-order chi connectivity index (χ0) is 10.3. The predicted molar refractivity (Wildman–Crippen MR) is 55.6 cm³/mol. The summed E-state index contributed by atoms with van der Waals surface area (Å²) >= 11 is 0. The van der Waals surface area contributed by atoms with E-state index in [2.05, 4.69) is 31.0 Å². The second-order valence-corrected chi connectivity index (χ2v) is 3.68. The number of amides is 1. The Morgan fingerprint density at radius 3 is 2.38 bits per heavy atom. The fraction of sp³-hybridized carbons (Fsp3) is 0.900. The second kappa shape index (κ2) is 6.89. The molecule has 1 amide bonds. The number of carbonyl (C=O) groups is 1. The largest absolute Gasteiger partial charge is 0.355 e. The van der Waals surface area contributed by atoms with Gasteiger partial charge < -0.3 is 5.32 Å². The summed E-state index contributed by atoms with van der Waals surface area (Å²) in [5.41, 5.74) is 0. The molecule has 1 N–H and O–H groups in total. The number of likely N-dealkylation sites (N-methyl/N-ethyl adjacent to an activating group) is 2. The molecule has 0 aliphatic carbocycles. The van der Waals surface area contributed by atoms with Crippen LogP contribution in [0.2, 0.25) is 0 Å². The lowest BCUT2D eigenvalue weighted by Crippen LogP contribution is -2.38. The molecule has 0 aromatic carbocycles. The summed E-state index contributed by atoms with van der Waals surface area (Å²) in [5, 5.41) is 2.80. The molecule has 0 spiro atoms. The zero-order valence-electron chi connectivity index (χ0n) is 9.26. The van der Waals surface area contributed by atoms with E-state index in [0.29, 0.717) is 12.5 Å². The summed E-state index contributed by atoms with van der Waals surface area (Å²) in [5.74, 6) is 0.749. The van der Waals surface area contributed by atoms with Gasteiger partial charge in [-0.05, 0) is 19.4 Å². The van der Waals surface area contributed by atoms with E-state index < -0.39 is 0 Å². The van der Waals surface area contributed by atoms with Crippen molar-refractivity contribution in [2.24, 2.45) is 5.92 Å². The maximum absolute atomic E-state index is 11.2. The van der Waals surface area contributed by atoms with E-state index in [-0.39, 0.29) is 5.91 Å². The van der Waals surface area contributed by atoms with Gasteiger partial charge in [-0.1, -0.05) is 20.8 Å². The van der Waals surface area contributed by atoms with Gasteiger partial charge in [0, 0.05) is 13.1 Å². The third kappa shape index (κ3) is 6.58. The topological polar surface area (TPSA) is 32.3 Å². The second-order valence-electron chi connectivity index (χ2n) is 3.68. The van der Waals surface area contributed by atoms with Crippen molar-refractivity contribution < 1.29 is 4.79 Å². The molecule has 0 unspecified atom stereocenters. The molecule has 0 aromatic heterocycles. The van der Waals surface area contributed by atoms with Crippen LogP contribution in [0.5, 0.6) is 0 Å². The van der Waals surface area contributed by atoms with Gasteiger partial charge in [0.05, 0.1) is 6.54 Å². The third-order valence-electron chi connectivity index (χ3n) is 1.81. The van der Waals surface area contributed by atoms with Crippen molar-refractivity contribution in [2.45, 2.75) is 27.7 Å². The highest BCUT2D eigenvalue weighted by atomic mass is 16.2. The van der Waals surface area contributed by atoms with Crippen molar-refractivity contribution in [1.29, 1.82) is 0 Å². The Bertz CT molecular complexity index is 146. The molecule has 13 heavy (non-hydrogen) atoms. The van der Waals surface area contributed by atoms with Crippen LogP contribution < -0.4 is 5.32 Å². The van der Waals surface area contributed by atoms with Gasteiger partial charge in [0.2, 0.25) is 5.91 Å². The molecule has 0 radical (unpaired) electrons. The summed E-state index contributed by atoms with van der Waals surface area (Å²) < 4.78 is 0. The van der Waals surface area contributed by atoms with Crippen molar-refractivity contribution in [3.05, 3.63) is 0 Å². The molecular weight excluding hydrogens is 164 g/mol. The normalized spacial score (nSPS) is 10.9. The number of hydrogen-bond acceptors (Lipinski definition) is 2. The number of carbonyl (C=O) groups excluding carboxylic acids is 1. The van der Waals surface area contributed by atoms with Gasteiger partial charge in [0.15, 0.2) is 0 Å². The first-order valence-corrected chi connectivity index (χ1v) is 5.09. The molecular formula is C10H22N2O. The van der Waals surface area contributed by atoms with Gasteiger partial charge in [-0.25, -0.2) is 0 Å². The zero-order valence-corrected chi connectivity index (χ0v) is 9.26. The Balaban J connectivity index is 3.76. The van der Waals surface area contributed by atoms with Crippen molar-refractivity contribution in [3.8, 4) is 0 Å². The maximum Gasteiger partial charge on any atom is 0.234 e. The Labute approximate surface area is 81.5 Å². The van der Waals surface area contributed by atoms with Gasteiger partial charge in [0.25, 0.3) is 0 Å². The Morgan fingerprint density at radius 1 is 1.38 bits per heavy atom. The Morgan fingerprint density at radius 2 is 2.00 bits per heavy atom. The molecule has 0 atom stereocenters. The van der Waals surface area contributed by atoms with Gasteiger partial charge >= 0.3 is 0 Å². The van der Waals surface area contributed by atoms with E-state index in [4.69, 9.17) is 0 Å². The molecule has 0 aliphatic rings. The summed E-state index contributed by atoms with van der Waals surface area (Å²) in [6, 6.07) is 0. The molecule has 3 nitrogen and oxygen atoms in total. The summed E-state index contributed by atoms with van der Waals surface area (Å²) in [4.78, 5) is 13.4. The van der Waals surface area contributed by atoms with Crippen LogP contribution in [0.15, 0.2) is 0 Å². The van der Waals surface area contributed by atoms with E-state index >= 15 is 0 Å². The number of nitrogens with one attached hydrogen (secondary N) is 1. The minimum absolute atomic E-state index is 0.130. The fourth-order valence-electron chi connectivity index (χ4n) is 1.28. The minimum Gasteiger partial charge on any atom is -0.355 e. The van der Waals surface area contributed by atoms with Crippen LogP contribution in [0.3, 0.4) is 0 Å². The first-order valence-electron chi connectivity index (χ1n) is 5.09. The quantitative estimate of drug-likeness (QED) is 0.673. The summed E-state index contributed by atoms with van der Waals surface area (Å²) in [7, 11) is 0. The van der Waals surface area contributed by atoms with Gasteiger partial charge in [-0.2, -0.15) is 0 Å². The monoisotopic (exact) mass is 186 g/mol. The molecule has 0 aliphatic heterocycles. The van der Waals surface area contributed by atoms with Gasteiger partial charge in [0.1, 0.15) is 0 Å². The highest BCUT2D eigenvalue weighted by molar-refractivity contribution is 5.77. The molecule has 0 bridgehead atoms.